The second-order valence-electron chi connectivity index (χ2n) is 7.12. The van der Waals surface area contributed by atoms with Crippen LogP contribution < -0.4 is 0 Å². The molecule has 0 N–H and O–H groups in total. The van der Waals surface area contributed by atoms with Gasteiger partial charge in [0.1, 0.15) is 5.78 Å². The number of carbonyl (C=O) groups is 1. The van der Waals surface area contributed by atoms with Crippen molar-refractivity contribution in [3.8, 4) is 0 Å². The molecule has 0 amide bonds. The Morgan fingerprint density at radius 1 is 1.29 bits per heavy atom. The van der Waals surface area contributed by atoms with Crippen molar-refractivity contribution in [2.45, 2.75) is 46.5 Å². The summed E-state index contributed by atoms with van der Waals surface area (Å²) in [6, 6.07) is 0. The molecule has 2 heteroatoms. The topological polar surface area (TPSA) is 20.3 Å². The molecule has 2 nitrogen and oxygen atoms in total. The first kappa shape index (κ1) is 13.1. The minimum absolute atomic E-state index is 0.0273. The second-order valence-corrected chi connectivity index (χ2v) is 7.12. The zero-order valence-corrected chi connectivity index (χ0v) is 12.0. The summed E-state index contributed by atoms with van der Waals surface area (Å²) >= 11 is 0. The first-order chi connectivity index (χ1) is 7.80. The van der Waals surface area contributed by atoms with Gasteiger partial charge in [-0.25, -0.2) is 0 Å². The van der Waals surface area contributed by atoms with E-state index >= 15 is 0 Å². The summed E-state index contributed by atoms with van der Waals surface area (Å²) in [7, 11) is 4.21. The molecule has 0 saturated heterocycles. The molecule has 0 radical (unpaired) electrons. The van der Waals surface area contributed by atoms with E-state index in [4.69, 9.17) is 0 Å². The van der Waals surface area contributed by atoms with Crippen LogP contribution in [0.25, 0.3) is 0 Å². The molecule has 2 saturated carbocycles. The summed E-state index contributed by atoms with van der Waals surface area (Å²) in [5.74, 6) is 1.56. The molecule has 2 fully saturated rings. The maximum Gasteiger partial charge on any atom is 0.142 e. The molecule has 0 spiro atoms. The Labute approximate surface area is 106 Å². The van der Waals surface area contributed by atoms with Crippen LogP contribution in [0.3, 0.4) is 0 Å². The summed E-state index contributed by atoms with van der Waals surface area (Å²) in [6.07, 6.45) is 4.64. The maximum absolute atomic E-state index is 12.6. The summed E-state index contributed by atoms with van der Waals surface area (Å²) < 4.78 is 0. The molecule has 0 aromatic rings. The molecule has 0 aromatic heterocycles. The zero-order chi connectivity index (χ0) is 12.8. The van der Waals surface area contributed by atoms with Gasteiger partial charge in [0.15, 0.2) is 0 Å². The third-order valence-corrected chi connectivity index (χ3v) is 5.79. The van der Waals surface area contributed by atoms with Crippen LogP contribution in [-0.2, 0) is 4.79 Å². The van der Waals surface area contributed by atoms with Crippen LogP contribution in [0.5, 0.6) is 0 Å². The van der Waals surface area contributed by atoms with E-state index in [2.05, 4.69) is 39.8 Å². The number of ketones is 1. The molecule has 0 aromatic carbocycles. The summed E-state index contributed by atoms with van der Waals surface area (Å²) in [5.41, 5.74) is 0.202. The smallest absolute Gasteiger partial charge is 0.142 e. The van der Waals surface area contributed by atoms with Gasteiger partial charge in [0.25, 0.3) is 0 Å². The number of carbonyl (C=O) groups excluding carboxylic acids is 1. The Bertz CT molecular complexity index is 321. The molecule has 2 bridgehead atoms. The van der Waals surface area contributed by atoms with Gasteiger partial charge in [0.05, 0.1) is 0 Å². The molecule has 98 valence electrons. The maximum atomic E-state index is 12.6. The van der Waals surface area contributed by atoms with Crippen molar-refractivity contribution in [3.05, 3.63) is 0 Å². The van der Waals surface area contributed by atoms with E-state index in [0.717, 1.165) is 25.8 Å². The Balaban J connectivity index is 2.05. The predicted molar refractivity (Wildman–Crippen MR) is 70.9 cm³/mol. The van der Waals surface area contributed by atoms with Crippen molar-refractivity contribution < 1.29 is 4.79 Å². The molecule has 2 aliphatic rings. The van der Waals surface area contributed by atoms with Crippen molar-refractivity contribution in [2.75, 3.05) is 20.6 Å². The lowest BCUT2D eigenvalue weighted by Gasteiger charge is -2.32. The van der Waals surface area contributed by atoms with Gasteiger partial charge in [0, 0.05) is 11.3 Å². The second kappa shape index (κ2) is 4.08. The lowest BCUT2D eigenvalue weighted by molar-refractivity contribution is -0.131. The van der Waals surface area contributed by atoms with E-state index in [-0.39, 0.29) is 10.8 Å². The van der Waals surface area contributed by atoms with E-state index in [1.165, 1.54) is 6.42 Å². The third-order valence-electron chi connectivity index (χ3n) is 5.79. The molecule has 3 unspecified atom stereocenters. The molecular weight excluding hydrogens is 210 g/mol. The van der Waals surface area contributed by atoms with E-state index in [1.54, 1.807) is 0 Å². The van der Waals surface area contributed by atoms with Crippen LogP contribution in [0, 0.1) is 22.7 Å². The van der Waals surface area contributed by atoms with Crippen molar-refractivity contribution >= 4 is 5.78 Å². The number of hydrogen-bond donors (Lipinski definition) is 0. The molecule has 17 heavy (non-hydrogen) atoms. The third kappa shape index (κ3) is 1.76. The fourth-order valence-electron chi connectivity index (χ4n) is 4.23. The van der Waals surface area contributed by atoms with Gasteiger partial charge in [-0.1, -0.05) is 20.8 Å². The molecular formula is C15H27NO. The van der Waals surface area contributed by atoms with Crippen molar-refractivity contribution in [1.29, 1.82) is 0 Å². The van der Waals surface area contributed by atoms with Gasteiger partial charge in [-0.05, 0) is 57.7 Å². The fraction of sp³-hybridized carbons (Fsp3) is 0.933. The summed E-state index contributed by atoms with van der Waals surface area (Å²) in [6.45, 7) is 7.94. The largest absolute Gasteiger partial charge is 0.309 e. The Hall–Kier alpha value is -0.370. The predicted octanol–water partition coefficient (Wildman–Crippen LogP) is 2.97. The van der Waals surface area contributed by atoms with Gasteiger partial charge in [-0.15, -0.1) is 0 Å². The van der Waals surface area contributed by atoms with Crippen molar-refractivity contribution in [1.82, 2.24) is 4.90 Å². The average Bonchev–Trinajstić information content (AvgIpc) is 2.52. The van der Waals surface area contributed by atoms with E-state index < -0.39 is 0 Å². The summed E-state index contributed by atoms with van der Waals surface area (Å²) in [4.78, 5) is 14.8. The van der Waals surface area contributed by atoms with Gasteiger partial charge in [0.2, 0.25) is 0 Å². The number of hydrogen-bond acceptors (Lipinski definition) is 2. The summed E-state index contributed by atoms with van der Waals surface area (Å²) in [5, 5.41) is 0. The Morgan fingerprint density at radius 2 is 1.94 bits per heavy atom. The molecule has 0 heterocycles. The molecule has 2 rings (SSSR count). The van der Waals surface area contributed by atoms with Crippen LogP contribution in [0.15, 0.2) is 0 Å². The van der Waals surface area contributed by atoms with Gasteiger partial charge >= 0.3 is 0 Å². The number of Topliss-reactive ketones (excluding diaryl/α,β-unsaturated/α-hetero) is 1. The zero-order valence-electron chi connectivity index (χ0n) is 12.0. The first-order valence-electron chi connectivity index (χ1n) is 7.00. The lowest BCUT2D eigenvalue weighted by atomic mass is 9.70. The highest BCUT2D eigenvalue weighted by atomic mass is 16.1. The van der Waals surface area contributed by atoms with Crippen LogP contribution in [0.4, 0.5) is 0 Å². The monoisotopic (exact) mass is 237 g/mol. The van der Waals surface area contributed by atoms with Gasteiger partial charge in [-0.2, -0.15) is 0 Å². The van der Waals surface area contributed by atoms with E-state index in [9.17, 15) is 4.79 Å². The highest BCUT2D eigenvalue weighted by Crippen LogP contribution is 2.66. The van der Waals surface area contributed by atoms with Crippen LogP contribution >= 0.6 is 0 Å². The standard InChI is InChI=1S/C15H27NO/c1-14(2)12-8-9-15(14,3)13(17)11(12)7-6-10-16(4)5/h11-12H,6-10H2,1-5H3. The Morgan fingerprint density at radius 3 is 2.41 bits per heavy atom. The highest BCUT2D eigenvalue weighted by Gasteiger charge is 2.65. The van der Waals surface area contributed by atoms with Gasteiger partial charge < -0.3 is 4.90 Å². The number of fused-ring (bicyclic) bond motifs is 2. The van der Waals surface area contributed by atoms with E-state index in [0.29, 0.717) is 17.6 Å². The molecule has 0 aliphatic heterocycles. The van der Waals surface area contributed by atoms with Crippen LogP contribution in [-0.4, -0.2) is 31.3 Å². The molecule has 3 atom stereocenters. The minimum atomic E-state index is -0.0273. The quantitative estimate of drug-likeness (QED) is 0.749. The fourth-order valence-corrected chi connectivity index (χ4v) is 4.23. The number of rotatable bonds is 4. The molecule has 2 aliphatic carbocycles. The number of nitrogens with zero attached hydrogens (tertiary/aromatic N) is 1. The van der Waals surface area contributed by atoms with E-state index in [1.807, 2.05) is 0 Å². The first-order valence-corrected chi connectivity index (χ1v) is 7.00. The SMILES string of the molecule is CN(C)CCCC1C(=O)C2(C)CCC1C2(C)C. The van der Waals surface area contributed by atoms with Crippen molar-refractivity contribution in [2.24, 2.45) is 22.7 Å². The normalized spacial score (nSPS) is 39.3. The van der Waals surface area contributed by atoms with Gasteiger partial charge in [-0.3, -0.25) is 4.79 Å². The van der Waals surface area contributed by atoms with Crippen LogP contribution in [0.2, 0.25) is 0 Å². The highest BCUT2D eigenvalue weighted by molar-refractivity contribution is 5.91. The average molecular weight is 237 g/mol. The minimum Gasteiger partial charge on any atom is -0.309 e. The lowest BCUT2D eigenvalue weighted by Crippen LogP contribution is -2.33. The van der Waals surface area contributed by atoms with Crippen LogP contribution in [0.1, 0.15) is 46.5 Å². The van der Waals surface area contributed by atoms with Crippen molar-refractivity contribution in [3.63, 3.8) is 0 Å². The Kier molecular flexibility index (Phi) is 3.14.